The summed E-state index contributed by atoms with van der Waals surface area (Å²) in [5.74, 6) is -1.79. The first kappa shape index (κ1) is 20.4. The van der Waals surface area contributed by atoms with Gasteiger partial charge in [-0.2, -0.15) is 0 Å². The highest BCUT2D eigenvalue weighted by Gasteiger charge is 2.22. The summed E-state index contributed by atoms with van der Waals surface area (Å²) in [5.41, 5.74) is -0.438. The molecule has 1 saturated heterocycles. The molecule has 2 aromatic heterocycles. The Labute approximate surface area is 149 Å². The van der Waals surface area contributed by atoms with E-state index in [0.29, 0.717) is 0 Å². The van der Waals surface area contributed by atoms with Crippen LogP contribution in [-0.4, -0.2) is 56.9 Å². The van der Waals surface area contributed by atoms with Gasteiger partial charge in [0.2, 0.25) is 5.91 Å². The van der Waals surface area contributed by atoms with Crippen molar-refractivity contribution in [3.63, 3.8) is 0 Å². The van der Waals surface area contributed by atoms with Gasteiger partial charge >= 0.3 is 6.36 Å². The lowest BCUT2D eigenvalue weighted by Crippen LogP contribution is -2.44. The minimum atomic E-state index is -5.00. The van der Waals surface area contributed by atoms with Crippen molar-refractivity contribution in [3.05, 3.63) is 36.3 Å². The lowest BCUT2D eigenvalue weighted by Gasteiger charge is -2.30. The normalized spacial score (nSPS) is 13.3. The highest BCUT2D eigenvalue weighted by Crippen LogP contribution is 2.24. The van der Waals surface area contributed by atoms with E-state index < -0.39 is 18.0 Å². The van der Waals surface area contributed by atoms with Gasteiger partial charge in [-0.05, 0) is 18.6 Å². The van der Waals surface area contributed by atoms with Crippen LogP contribution in [0.5, 0.6) is 0 Å². The molecule has 0 bridgehead atoms. The largest absolute Gasteiger partial charge is 0.519 e. The second kappa shape index (κ2) is 8.66. The van der Waals surface area contributed by atoms with Gasteiger partial charge in [0.05, 0.1) is 6.54 Å². The summed E-state index contributed by atoms with van der Waals surface area (Å²) in [7, 11) is 0. The van der Waals surface area contributed by atoms with Gasteiger partial charge in [0, 0.05) is 19.3 Å². The first-order valence-electron chi connectivity index (χ1n) is 7.59. The van der Waals surface area contributed by atoms with Gasteiger partial charge in [0.1, 0.15) is 17.7 Å². The molecule has 1 fully saturated rings. The Morgan fingerprint density at radius 2 is 1.85 bits per heavy atom. The summed E-state index contributed by atoms with van der Waals surface area (Å²) >= 11 is 0. The molecule has 0 radical (unpaired) electrons. The average Bonchev–Trinajstić information content (AvgIpc) is 2.51. The number of pyridine rings is 1. The lowest BCUT2D eigenvalue weighted by atomic mass is 10.2. The molecule has 1 aliphatic heterocycles. The molecule has 0 spiro atoms. The molecule has 2 N–H and O–H groups in total. The number of likely N-dealkylation sites (tertiary alicyclic amines) is 1. The van der Waals surface area contributed by atoms with E-state index >= 15 is 0 Å². The predicted octanol–water partition coefficient (Wildman–Crippen LogP) is 1.96. The third kappa shape index (κ3) is 6.09. The second-order valence-electron chi connectivity index (χ2n) is 5.27. The van der Waals surface area contributed by atoms with Gasteiger partial charge in [-0.15, -0.1) is 13.2 Å². The molecule has 0 aromatic carbocycles. The number of carbonyl (C=O) groups is 1. The Bertz CT molecular complexity index is 792. The monoisotopic (exact) mass is 391 g/mol. The van der Waals surface area contributed by atoms with Crippen LogP contribution in [0.3, 0.4) is 0 Å². The van der Waals surface area contributed by atoms with Crippen LogP contribution in [0, 0.1) is 11.6 Å². The number of amides is 1. The SMILES string of the molecule is O=C(CNc1ncnc(-c2ncccc2F)c1F)N1CCC1.OC(F)(F)F. The maximum atomic E-state index is 14.4. The Kier molecular flexibility index (Phi) is 6.55. The molecule has 146 valence electrons. The molecule has 3 rings (SSSR count). The number of aliphatic hydroxyl groups is 1. The van der Waals surface area contributed by atoms with Crippen molar-refractivity contribution < 1.29 is 31.9 Å². The summed E-state index contributed by atoms with van der Waals surface area (Å²) < 4.78 is 57.8. The summed E-state index contributed by atoms with van der Waals surface area (Å²) in [6.45, 7) is 1.37. The molecular formula is C15H14F5N5O2. The van der Waals surface area contributed by atoms with Crippen LogP contribution in [0.2, 0.25) is 0 Å². The first-order chi connectivity index (χ1) is 12.7. The van der Waals surface area contributed by atoms with Gasteiger partial charge in [-0.25, -0.2) is 18.7 Å². The Balaban J connectivity index is 0.000000465. The Hall–Kier alpha value is -2.89. The van der Waals surface area contributed by atoms with Crippen molar-refractivity contribution in [2.75, 3.05) is 25.0 Å². The third-order valence-corrected chi connectivity index (χ3v) is 3.39. The molecule has 3 heterocycles. The van der Waals surface area contributed by atoms with Crippen molar-refractivity contribution in [2.24, 2.45) is 0 Å². The van der Waals surface area contributed by atoms with E-state index in [1.54, 1.807) is 4.90 Å². The summed E-state index contributed by atoms with van der Waals surface area (Å²) in [4.78, 5) is 24.7. The smallest absolute Gasteiger partial charge is 0.358 e. The number of carbonyl (C=O) groups excluding carboxylic acids is 1. The van der Waals surface area contributed by atoms with Crippen LogP contribution >= 0.6 is 0 Å². The summed E-state index contributed by atoms with van der Waals surface area (Å²) in [6, 6.07) is 2.58. The van der Waals surface area contributed by atoms with E-state index in [-0.39, 0.29) is 29.7 Å². The standard InChI is InChI=1S/C14H13F2N5O.CHF3O/c15-9-3-1-4-17-12(9)13-11(16)14(20-8-19-13)18-7-10(22)21-5-2-6-21;2-1(3,4)5/h1,3-4,8H,2,5-7H2,(H,18,19,20);5H. The van der Waals surface area contributed by atoms with Gasteiger partial charge in [0.15, 0.2) is 17.5 Å². The summed E-state index contributed by atoms with van der Waals surface area (Å²) in [5, 5.41) is 9.14. The third-order valence-electron chi connectivity index (χ3n) is 3.39. The van der Waals surface area contributed by atoms with E-state index in [2.05, 4.69) is 20.3 Å². The van der Waals surface area contributed by atoms with Crippen LogP contribution in [0.25, 0.3) is 11.4 Å². The molecular weight excluding hydrogens is 377 g/mol. The van der Waals surface area contributed by atoms with Crippen molar-refractivity contribution in [3.8, 4) is 11.4 Å². The molecule has 7 nitrogen and oxygen atoms in total. The quantitative estimate of drug-likeness (QED) is 0.775. The number of aromatic nitrogens is 3. The number of nitrogens with zero attached hydrogens (tertiary/aromatic N) is 4. The molecule has 2 aromatic rings. The fourth-order valence-corrected chi connectivity index (χ4v) is 2.05. The van der Waals surface area contributed by atoms with Crippen molar-refractivity contribution >= 4 is 11.7 Å². The average molecular weight is 391 g/mol. The van der Waals surface area contributed by atoms with Crippen LogP contribution in [0.4, 0.5) is 27.8 Å². The highest BCUT2D eigenvalue weighted by atomic mass is 19.4. The maximum absolute atomic E-state index is 14.4. The number of hydrogen-bond donors (Lipinski definition) is 2. The van der Waals surface area contributed by atoms with Crippen LogP contribution in [-0.2, 0) is 4.79 Å². The van der Waals surface area contributed by atoms with Gasteiger partial charge in [-0.1, -0.05) is 0 Å². The van der Waals surface area contributed by atoms with Crippen molar-refractivity contribution in [2.45, 2.75) is 12.8 Å². The van der Waals surface area contributed by atoms with Crippen molar-refractivity contribution in [1.29, 1.82) is 0 Å². The number of anilines is 1. The number of alkyl halides is 3. The highest BCUT2D eigenvalue weighted by molar-refractivity contribution is 5.81. The minimum Gasteiger partial charge on any atom is -0.358 e. The van der Waals surface area contributed by atoms with Gasteiger partial charge in [-0.3, -0.25) is 9.78 Å². The van der Waals surface area contributed by atoms with E-state index in [9.17, 15) is 26.7 Å². The lowest BCUT2D eigenvalue weighted by molar-refractivity contribution is -0.295. The Morgan fingerprint density at radius 1 is 1.19 bits per heavy atom. The molecule has 0 aliphatic carbocycles. The van der Waals surface area contributed by atoms with Crippen LogP contribution in [0.1, 0.15) is 6.42 Å². The zero-order valence-corrected chi connectivity index (χ0v) is 13.7. The summed E-state index contributed by atoms with van der Waals surface area (Å²) in [6.07, 6.45) is -1.57. The first-order valence-corrected chi connectivity index (χ1v) is 7.59. The van der Waals surface area contributed by atoms with E-state index in [1.807, 2.05) is 0 Å². The second-order valence-corrected chi connectivity index (χ2v) is 5.27. The molecule has 27 heavy (non-hydrogen) atoms. The zero-order chi connectivity index (χ0) is 20.0. The maximum Gasteiger partial charge on any atom is 0.519 e. The fraction of sp³-hybridized carbons (Fsp3) is 0.333. The molecule has 0 unspecified atom stereocenters. The number of nitrogens with one attached hydrogen (secondary N) is 1. The zero-order valence-electron chi connectivity index (χ0n) is 13.7. The predicted molar refractivity (Wildman–Crippen MR) is 83.1 cm³/mol. The van der Waals surface area contributed by atoms with Gasteiger partial charge < -0.3 is 15.3 Å². The number of hydrogen-bond acceptors (Lipinski definition) is 6. The molecule has 1 amide bonds. The van der Waals surface area contributed by atoms with Crippen LogP contribution < -0.4 is 5.32 Å². The molecule has 12 heteroatoms. The number of rotatable bonds is 4. The molecule has 0 saturated carbocycles. The van der Waals surface area contributed by atoms with Gasteiger partial charge in [0.25, 0.3) is 0 Å². The van der Waals surface area contributed by atoms with E-state index in [4.69, 9.17) is 5.11 Å². The molecule has 0 atom stereocenters. The fourth-order valence-electron chi connectivity index (χ4n) is 2.05. The Morgan fingerprint density at radius 3 is 2.41 bits per heavy atom. The minimum absolute atomic E-state index is 0.0714. The van der Waals surface area contributed by atoms with Crippen molar-refractivity contribution in [1.82, 2.24) is 19.9 Å². The molecule has 1 aliphatic rings. The number of halogens is 5. The van der Waals surface area contributed by atoms with E-state index in [1.165, 1.54) is 18.3 Å². The topological polar surface area (TPSA) is 91.2 Å². The van der Waals surface area contributed by atoms with Crippen LogP contribution in [0.15, 0.2) is 24.7 Å². The van der Waals surface area contributed by atoms with E-state index in [0.717, 1.165) is 25.8 Å².